The number of nitrogens with zero attached hydrogens (tertiary/aromatic N) is 2. The van der Waals surface area contributed by atoms with Crippen molar-refractivity contribution in [1.29, 1.82) is 0 Å². The maximum absolute atomic E-state index is 6.25. The predicted molar refractivity (Wildman–Crippen MR) is 92.1 cm³/mol. The van der Waals surface area contributed by atoms with E-state index in [4.69, 9.17) is 40.2 Å². The molecule has 2 N–H and O–H groups in total. The van der Waals surface area contributed by atoms with Gasteiger partial charge in [-0.25, -0.2) is 4.68 Å². The van der Waals surface area contributed by atoms with Crippen LogP contribution in [0.5, 0.6) is 5.75 Å². The van der Waals surface area contributed by atoms with E-state index in [9.17, 15) is 0 Å². The minimum Gasteiger partial charge on any atom is -0.488 e. The van der Waals surface area contributed by atoms with Crippen molar-refractivity contribution in [3.63, 3.8) is 0 Å². The first-order valence-corrected chi connectivity index (χ1v) is 8.13. The second-order valence-corrected chi connectivity index (χ2v) is 6.23. The number of H-pyrrole nitrogens is 1. The molecule has 0 amide bonds. The molecule has 0 bridgehead atoms. The van der Waals surface area contributed by atoms with Gasteiger partial charge in [-0.1, -0.05) is 30.1 Å². The van der Waals surface area contributed by atoms with Crippen LogP contribution in [0.4, 0.5) is 0 Å². The van der Waals surface area contributed by atoms with Crippen LogP contribution in [0.15, 0.2) is 12.1 Å². The molecule has 8 heteroatoms. The summed E-state index contributed by atoms with van der Waals surface area (Å²) >= 11 is 17.7. The Morgan fingerprint density at radius 2 is 2.00 bits per heavy atom. The number of hydrogen-bond acceptors (Lipinski definition) is 4. The zero-order valence-corrected chi connectivity index (χ0v) is 14.9. The highest BCUT2D eigenvalue weighted by Gasteiger charge is 2.12. The summed E-state index contributed by atoms with van der Waals surface area (Å²) in [7, 11) is 0. The Morgan fingerprint density at radius 3 is 2.55 bits per heavy atom. The molecule has 0 atom stereocenters. The fraction of sp³-hybridized carbons (Fsp3) is 0.429. The summed E-state index contributed by atoms with van der Waals surface area (Å²) in [4.78, 5) is 0. The Hall–Kier alpha value is -1.24. The first kappa shape index (κ1) is 17.1. The molecular formula is C14H18Cl2N4OS. The molecule has 2 aromatic rings. The van der Waals surface area contributed by atoms with E-state index < -0.39 is 0 Å². The third kappa shape index (κ3) is 3.94. The van der Waals surface area contributed by atoms with Crippen molar-refractivity contribution in [2.75, 3.05) is 5.43 Å². The second-order valence-electron chi connectivity index (χ2n) is 5.02. The molecular weight excluding hydrogens is 343 g/mol. The zero-order valence-electron chi connectivity index (χ0n) is 12.6. The Balaban J connectivity index is 2.17. The van der Waals surface area contributed by atoms with Crippen LogP contribution in [-0.4, -0.2) is 21.0 Å². The van der Waals surface area contributed by atoms with Crippen molar-refractivity contribution >= 4 is 35.4 Å². The fourth-order valence-electron chi connectivity index (χ4n) is 1.96. The largest absolute Gasteiger partial charge is 0.488 e. The maximum Gasteiger partial charge on any atom is 0.214 e. The smallest absolute Gasteiger partial charge is 0.214 e. The Bertz CT molecular complexity index is 688. The molecule has 5 nitrogen and oxygen atoms in total. The number of hydrogen-bond donors (Lipinski definition) is 2. The highest BCUT2D eigenvalue weighted by molar-refractivity contribution is 7.71. The van der Waals surface area contributed by atoms with Gasteiger partial charge in [-0.2, -0.15) is 5.10 Å². The van der Waals surface area contributed by atoms with E-state index in [1.807, 2.05) is 32.9 Å². The SMILES string of the molecule is CCc1n[nH]c(=S)n1NCc1cc(Cl)c(OC(C)C)c(Cl)c1. The van der Waals surface area contributed by atoms with Crippen molar-refractivity contribution in [1.82, 2.24) is 14.9 Å². The Morgan fingerprint density at radius 1 is 1.36 bits per heavy atom. The number of nitrogens with one attached hydrogen (secondary N) is 2. The monoisotopic (exact) mass is 360 g/mol. The van der Waals surface area contributed by atoms with E-state index in [0.717, 1.165) is 17.8 Å². The molecule has 0 aliphatic rings. The minimum atomic E-state index is 0.00958. The van der Waals surface area contributed by atoms with E-state index in [2.05, 4.69) is 15.6 Å². The second kappa shape index (κ2) is 7.35. The Kier molecular flexibility index (Phi) is 5.72. The van der Waals surface area contributed by atoms with Crippen LogP contribution < -0.4 is 10.2 Å². The molecule has 0 aliphatic carbocycles. The van der Waals surface area contributed by atoms with Gasteiger partial charge in [0.25, 0.3) is 0 Å². The average molecular weight is 361 g/mol. The number of aromatic amines is 1. The van der Waals surface area contributed by atoms with E-state index in [1.165, 1.54) is 0 Å². The van der Waals surface area contributed by atoms with Crippen LogP contribution in [0.2, 0.25) is 10.0 Å². The van der Waals surface area contributed by atoms with Crippen molar-refractivity contribution in [2.24, 2.45) is 0 Å². The summed E-state index contributed by atoms with van der Waals surface area (Å²) in [6.45, 7) is 6.38. The van der Waals surface area contributed by atoms with Gasteiger partial charge in [0.15, 0.2) is 11.6 Å². The summed E-state index contributed by atoms with van der Waals surface area (Å²) in [5, 5.41) is 7.88. The van der Waals surface area contributed by atoms with Crippen LogP contribution >= 0.6 is 35.4 Å². The number of halogens is 2. The number of aryl methyl sites for hydroxylation is 1. The number of benzene rings is 1. The molecule has 22 heavy (non-hydrogen) atoms. The van der Waals surface area contributed by atoms with Gasteiger partial charge in [0.1, 0.15) is 0 Å². The highest BCUT2D eigenvalue weighted by atomic mass is 35.5. The molecule has 0 fully saturated rings. The van der Waals surface area contributed by atoms with Gasteiger partial charge in [-0.15, -0.1) is 0 Å². The molecule has 0 radical (unpaired) electrons. The number of rotatable bonds is 6. The highest BCUT2D eigenvalue weighted by Crippen LogP contribution is 2.35. The topological polar surface area (TPSA) is 54.9 Å². The fourth-order valence-corrected chi connectivity index (χ4v) is 2.80. The van der Waals surface area contributed by atoms with Gasteiger partial charge < -0.3 is 10.2 Å². The molecule has 1 aromatic heterocycles. The van der Waals surface area contributed by atoms with Crippen molar-refractivity contribution in [3.05, 3.63) is 38.3 Å². The van der Waals surface area contributed by atoms with Crippen molar-refractivity contribution in [2.45, 2.75) is 39.8 Å². The minimum absolute atomic E-state index is 0.00958. The molecule has 120 valence electrons. The van der Waals surface area contributed by atoms with Gasteiger partial charge in [-0.3, -0.25) is 5.10 Å². The van der Waals surface area contributed by atoms with Crippen molar-refractivity contribution < 1.29 is 4.74 Å². The predicted octanol–water partition coefficient (Wildman–Crippen LogP) is 4.34. The van der Waals surface area contributed by atoms with Gasteiger partial charge >= 0.3 is 0 Å². The summed E-state index contributed by atoms with van der Waals surface area (Å²) in [5.41, 5.74) is 4.13. The van der Waals surface area contributed by atoms with Crippen LogP contribution in [0, 0.1) is 4.77 Å². The van der Waals surface area contributed by atoms with Crippen molar-refractivity contribution in [3.8, 4) is 5.75 Å². The quantitative estimate of drug-likeness (QED) is 0.752. The molecule has 0 unspecified atom stereocenters. The van der Waals surface area contributed by atoms with E-state index in [1.54, 1.807) is 4.68 Å². The molecule has 0 spiro atoms. The normalized spacial score (nSPS) is 11.0. The number of aromatic nitrogens is 3. The molecule has 1 heterocycles. The standard InChI is InChI=1S/C14H18Cl2N4OS/c1-4-12-18-19-14(22)20(12)17-7-9-5-10(15)13(11(16)6-9)21-8(2)3/h5-6,8,17H,4,7H2,1-3H3,(H,19,22). The third-order valence-electron chi connectivity index (χ3n) is 2.91. The maximum atomic E-state index is 6.25. The van der Waals surface area contributed by atoms with Crippen LogP contribution in [0.3, 0.4) is 0 Å². The number of ether oxygens (including phenoxy) is 1. The molecule has 2 rings (SSSR count). The third-order valence-corrected chi connectivity index (χ3v) is 3.75. The first-order valence-electron chi connectivity index (χ1n) is 6.97. The van der Waals surface area contributed by atoms with Crippen LogP contribution in [0.25, 0.3) is 0 Å². The van der Waals surface area contributed by atoms with Gasteiger partial charge in [0.05, 0.1) is 22.7 Å². The summed E-state index contributed by atoms with van der Waals surface area (Å²) in [5.74, 6) is 1.35. The molecule has 1 aromatic carbocycles. The average Bonchev–Trinajstić information content (AvgIpc) is 2.80. The lowest BCUT2D eigenvalue weighted by Crippen LogP contribution is -2.17. The molecule has 0 saturated heterocycles. The summed E-state index contributed by atoms with van der Waals surface area (Å²) in [6, 6.07) is 3.65. The summed E-state index contributed by atoms with van der Waals surface area (Å²) < 4.78 is 7.88. The van der Waals surface area contributed by atoms with Gasteiger partial charge in [0, 0.05) is 6.42 Å². The van der Waals surface area contributed by atoms with E-state index in [0.29, 0.717) is 27.1 Å². The van der Waals surface area contributed by atoms with Crippen LogP contribution in [0.1, 0.15) is 32.2 Å². The first-order chi connectivity index (χ1) is 10.4. The molecule has 0 saturated carbocycles. The Labute approximate surface area is 144 Å². The lowest BCUT2D eigenvalue weighted by Gasteiger charge is -2.15. The lowest BCUT2D eigenvalue weighted by molar-refractivity contribution is 0.242. The summed E-state index contributed by atoms with van der Waals surface area (Å²) in [6.07, 6.45) is 0.776. The van der Waals surface area contributed by atoms with E-state index >= 15 is 0 Å². The van der Waals surface area contributed by atoms with Gasteiger partial charge in [0.2, 0.25) is 4.77 Å². The zero-order chi connectivity index (χ0) is 16.3. The lowest BCUT2D eigenvalue weighted by atomic mass is 10.2. The van der Waals surface area contributed by atoms with Gasteiger partial charge in [-0.05, 0) is 43.8 Å². The van der Waals surface area contributed by atoms with E-state index in [-0.39, 0.29) is 6.10 Å². The van der Waals surface area contributed by atoms with Crippen LogP contribution in [-0.2, 0) is 13.0 Å². The molecule has 0 aliphatic heterocycles.